The van der Waals surface area contributed by atoms with E-state index in [1.807, 2.05) is 30.3 Å². The van der Waals surface area contributed by atoms with Crippen LogP contribution in [0.25, 0.3) is 33.4 Å². The fourth-order valence-corrected chi connectivity index (χ4v) is 2.97. The van der Waals surface area contributed by atoms with Crippen molar-refractivity contribution in [2.24, 2.45) is 0 Å². The molecule has 0 fully saturated rings. The monoisotopic (exact) mass is 350 g/mol. The predicted octanol–water partition coefficient (Wildman–Crippen LogP) is 5.72. The van der Waals surface area contributed by atoms with Gasteiger partial charge in [-0.1, -0.05) is 53.2 Å². The molecule has 4 aromatic rings. The molecule has 25 heavy (non-hydrogen) atoms. The average molecular weight is 351 g/mol. The molecule has 1 heterocycles. The van der Waals surface area contributed by atoms with E-state index in [9.17, 15) is 10.1 Å². The van der Waals surface area contributed by atoms with E-state index in [-0.39, 0.29) is 10.6 Å². The third kappa shape index (κ3) is 2.75. The van der Waals surface area contributed by atoms with Crippen LogP contribution in [0.2, 0.25) is 5.02 Å². The summed E-state index contributed by atoms with van der Waals surface area (Å²) in [7, 11) is 0. The third-order valence-electron chi connectivity index (χ3n) is 4.00. The zero-order valence-corrected chi connectivity index (χ0v) is 13.6. The van der Waals surface area contributed by atoms with Crippen molar-refractivity contribution in [3.8, 4) is 22.4 Å². The summed E-state index contributed by atoms with van der Waals surface area (Å²) in [5.41, 5.74) is 3.62. The summed E-state index contributed by atoms with van der Waals surface area (Å²) in [4.78, 5) is 10.8. The molecule has 0 N–H and O–H groups in total. The first-order valence-electron chi connectivity index (χ1n) is 7.52. The summed E-state index contributed by atoms with van der Waals surface area (Å²) in [6, 6.07) is 19.5. The van der Waals surface area contributed by atoms with Crippen molar-refractivity contribution in [3.63, 3.8) is 0 Å². The van der Waals surface area contributed by atoms with Crippen LogP contribution in [0.5, 0.6) is 0 Å². The van der Waals surface area contributed by atoms with Gasteiger partial charge in [0, 0.05) is 28.1 Å². The van der Waals surface area contributed by atoms with Crippen LogP contribution >= 0.6 is 11.6 Å². The molecular weight excluding hydrogens is 340 g/mol. The first kappa shape index (κ1) is 15.4. The number of nitro groups is 1. The van der Waals surface area contributed by atoms with Crippen LogP contribution in [-0.4, -0.2) is 10.1 Å². The van der Waals surface area contributed by atoms with Gasteiger partial charge in [-0.15, -0.1) is 0 Å². The van der Waals surface area contributed by atoms with E-state index in [1.54, 1.807) is 30.3 Å². The Balaban J connectivity index is 1.77. The highest BCUT2D eigenvalue weighted by molar-refractivity contribution is 6.31. The molecule has 1 aromatic heterocycles. The molecule has 0 aliphatic rings. The van der Waals surface area contributed by atoms with E-state index in [1.165, 1.54) is 6.07 Å². The Bertz CT molecular complexity index is 1090. The second kappa shape index (κ2) is 6.03. The molecule has 0 atom stereocenters. The molecule has 0 aliphatic heterocycles. The predicted molar refractivity (Wildman–Crippen MR) is 96.5 cm³/mol. The van der Waals surface area contributed by atoms with Crippen molar-refractivity contribution < 1.29 is 9.45 Å². The molecule has 0 bridgehead atoms. The van der Waals surface area contributed by atoms with E-state index in [4.69, 9.17) is 16.1 Å². The summed E-state index contributed by atoms with van der Waals surface area (Å²) < 4.78 is 5.33. The van der Waals surface area contributed by atoms with Crippen LogP contribution in [0.3, 0.4) is 0 Å². The van der Waals surface area contributed by atoms with Gasteiger partial charge in [0.25, 0.3) is 5.69 Å². The summed E-state index contributed by atoms with van der Waals surface area (Å²) >= 11 is 5.96. The minimum Gasteiger partial charge on any atom is -0.356 e. The number of aromatic nitrogens is 1. The molecule has 5 nitrogen and oxygen atoms in total. The van der Waals surface area contributed by atoms with Gasteiger partial charge in [-0.2, -0.15) is 0 Å². The molecular formula is C19H11ClN2O3. The zero-order chi connectivity index (χ0) is 17.4. The van der Waals surface area contributed by atoms with E-state index >= 15 is 0 Å². The number of nitro benzene ring substituents is 1. The van der Waals surface area contributed by atoms with Gasteiger partial charge in [0.15, 0.2) is 5.58 Å². The maximum absolute atomic E-state index is 11.2. The van der Waals surface area contributed by atoms with E-state index in [0.29, 0.717) is 21.9 Å². The summed E-state index contributed by atoms with van der Waals surface area (Å²) in [5.74, 6) is 0. The van der Waals surface area contributed by atoms with Gasteiger partial charge >= 0.3 is 0 Å². The fraction of sp³-hybridized carbons (Fsp3) is 0. The third-order valence-corrected chi connectivity index (χ3v) is 4.24. The Morgan fingerprint density at radius 2 is 1.68 bits per heavy atom. The van der Waals surface area contributed by atoms with Crippen LogP contribution in [0, 0.1) is 10.1 Å². The standard InChI is InChI=1S/C19H11ClN2O3/c20-14-9-10-16-18(11-14)25-21-19(16)13-7-5-12(6-8-13)15-3-1-2-4-17(15)22(23)24/h1-11H. The molecule has 0 saturated heterocycles. The van der Waals surface area contributed by atoms with E-state index in [0.717, 1.165) is 16.5 Å². The molecule has 0 radical (unpaired) electrons. The Kier molecular flexibility index (Phi) is 3.71. The van der Waals surface area contributed by atoms with Gasteiger partial charge in [-0.3, -0.25) is 10.1 Å². The molecule has 4 rings (SSSR count). The Morgan fingerprint density at radius 1 is 0.960 bits per heavy atom. The van der Waals surface area contributed by atoms with Gasteiger partial charge in [0.05, 0.1) is 10.5 Å². The van der Waals surface area contributed by atoms with Crippen LogP contribution in [0.15, 0.2) is 71.3 Å². The van der Waals surface area contributed by atoms with Crippen molar-refractivity contribution in [2.45, 2.75) is 0 Å². The highest BCUT2D eigenvalue weighted by Gasteiger charge is 2.15. The zero-order valence-electron chi connectivity index (χ0n) is 12.8. The number of hydrogen-bond acceptors (Lipinski definition) is 4. The number of nitrogens with zero attached hydrogens (tertiary/aromatic N) is 2. The molecule has 0 spiro atoms. The number of benzene rings is 3. The quantitative estimate of drug-likeness (QED) is 0.350. The fourth-order valence-electron chi connectivity index (χ4n) is 2.80. The lowest BCUT2D eigenvalue weighted by Crippen LogP contribution is -1.91. The van der Waals surface area contributed by atoms with Crippen LogP contribution < -0.4 is 0 Å². The van der Waals surface area contributed by atoms with Crippen LogP contribution in [-0.2, 0) is 0 Å². The summed E-state index contributed by atoms with van der Waals surface area (Å²) in [5, 5.41) is 16.8. The van der Waals surface area contributed by atoms with E-state index in [2.05, 4.69) is 5.16 Å². The first-order valence-corrected chi connectivity index (χ1v) is 7.90. The highest BCUT2D eigenvalue weighted by Crippen LogP contribution is 2.33. The minimum atomic E-state index is -0.377. The van der Waals surface area contributed by atoms with Crippen LogP contribution in [0.1, 0.15) is 0 Å². The molecule has 3 aromatic carbocycles. The summed E-state index contributed by atoms with van der Waals surface area (Å²) in [6.07, 6.45) is 0. The molecule has 0 amide bonds. The maximum atomic E-state index is 11.2. The second-order valence-corrected chi connectivity index (χ2v) is 5.96. The molecule has 0 unspecified atom stereocenters. The molecule has 0 saturated carbocycles. The SMILES string of the molecule is O=[N+]([O-])c1ccccc1-c1ccc(-c2noc3cc(Cl)ccc23)cc1. The van der Waals surface area contributed by atoms with Crippen molar-refractivity contribution in [1.82, 2.24) is 5.16 Å². The molecule has 122 valence electrons. The highest BCUT2D eigenvalue weighted by atomic mass is 35.5. The van der Waals surface area contributed by atoms with Crippen molar-refractivity contribution in [1.29, 1.82) is 0 Å². The van der Waals surface area contributed by atoms with Crippen molar-refractivity contribution >= 4 is 28.3 Å². The van der Waals surface area contributed by atoms with Crippen molar-refractivity contribution in [3.05, 3.63) is 81.9 Å². The normalized spacial score (nSPS) is 10.9. The number of rotatable bonds is 3. The Hall–Kier alpha value is -3.18. The summed E-state index contributed by atoms with van der Waals surface area (Å²) in [6.45, 7) is 0. The smallest absolute Gasteiger partial charge is 0.277 e. The van der Waals surface area contributed by atoms with Gasteiger partial charge in [0.2, 0.25) is 0 Å². The average Bonchev–Trinajstić information content (AvgIpc) is 3.04. The number of halogens is 1. The van der Waals surface area contributed by atoms with Crippen molar-refractivity contribution in [2.75, 3.05) is 0 Å². The first-order chi connectivity index (χ1) is 12.1. The Labute approximate surface area is 147 Å². The minimum absolute atomic E-state index is 0.0803. The van der Waals surface area contributed by atoms with Crippen LogP contribution in [0.4, 0.5) is 5.69 Å². The molecule has 0 aliphatic carbocycles. The number of hydrogen-bond donors (Lipinski definition) is 0. The topological polar surface area (TPSA) is 69.2 Å². The number of fused-ring (bicyclic) bond motifs is 1. The largest absolute Gasteiger partial charge is 0.356 e. The molecule has 6 heteroatoms. The lowest BCUT2D eigenvalue weighted by molar-refractivity contribution is -0.384. The van der Waals surface area contributed by atoms with Gasteiger partial charge in [-0.25, -0.2) is 0 Å². The lowest BCUT2D eigenvalue weighted by atomic mass is 10.0. The number of para-hydroxylation sites is 1. The lowest BCUT2D eigenvalue weighted by Gasteiger charge is -2.04. The van der Waals surface area contributed by atoms with Gasteiger partial charge < -0.3 is 4.52 Å². The van der Waals surface area contributed by atoms with Gasteiger partial charge in [-0.05, 0) is 23.8 Å². The Morgan fingerprint density at radius 3 is 2.44 bits per heavy atom. The maximum Gasteiger partial charge on any atom is 0.277 e. The second-order valence-electron chi connectivity index (χ2n) is 5.52. The van der Waals surface area contributed by atoms with Gasteiger partial charge in [0.1, 0.15) is 5.69 Å². The van der Waals surface area contributed by atoms with E-state index < -0.39 is 0 Å².